The highest BCUT2D eigenvalue weighted by Gasteiger charge is 2.55. The van der Waals surface area contributed by atoms with Gasteiger partial charge in [0.25, 0.3) is 0 Å². The quantitative estimate of drug-likeness (QED) is 0.655. The fourth-order valence-electron chi connectivity index (χ4n) is 2.42. The van der Waals surface area contributed by atoms with Gasteiger partial charge < -0.3 is 10.5 Å². The van der Waals surface area contributed by atoms with Crippen LogP contribution in [0.25, 0.3) is 0 Å². The lowest BCUT2D eigenvalue weighted by Gasteiger charge is -2.06. The Morgan fingerprint density at radius 1 is 1.58 bits per heavy atom. The second-order valence-electron chi connectivity index (χ2n) is 3.92. The van der Waals surface area contributed by atoms with Crippen molar-refractivity contribution >= 4 is 5.91 Å². The summed E-state index contributed by atoms with van der Waals surface area (Å²) in [6.45, 7) is 2.95. The molecule has 1 aliphatic carbocycles. The molecule has 1 heterocycles. The molecule has 1 saturated carbocycles. The third-order valence-corrected chi connectivity index (χ3v) is 3.17. The minimum absolute atomic E-state index is 0.0908. The molecule has 0 aromatic carbocycles. The first-order valence-corrected chi connectivity index (χ1v) is 4.62. The molecule has 2 N–H and O–H groups in total. The van der Waals surface area contributed by atoms with Crippen LogP contribution in [0.2, 0.25) is 0 Å². The summed E-state index contributed by atoms with van der Waals surface area (Å²) in [6, 6.07) is 0. The van der Waals surface area contributed by atoms with Crippen LogP contribution in [-0.2, 0) is 9.53 Å². The van der Waals surface area contributed by atoms with Crippen LogP contribution in [0.3, 0.4) is 0 Å². The lowest BCUT2D eigenvalue weighted by molar-refractivity contribution is -0.120. The van der Waals surface area contributed by atoms with E-state index < -0.39 is 0 Å². The second kappa shape index (κ2) is 2.73. The van der Waals surface area contributed by atoms with E-state index in [4.69, 9.17) is 10.5 Å². The summed E-state index contributed by atoms with van der Waals surface area (Å²) in [4.78, 5) is 10.9. The molecule has 0 aromatic rings. The number of primary amides is 1. The smallest absolute Gasteiger partial charge is 0.221 e. The fraction of sp³-hybridized carbons (Fsp3) is 0.889. The zero-order chi connectivity index (χ0) is 8.72. The van der Waals surface area contributed by atoms with E-state index >= 15 is 0 Å². The summed E-state index contributed by atoms with van der Waals surface area (Å²) < 4.78 is 5.52. The van der Waals surface area contributed by atoms with Gasteiger partial charge in [-0.3, -0.25) is 4.79 Å². The summed E-state index contributed by atoms with van der Waals surface area (Å²) in [5.74, 6) is 0.812. The summed E-state index contributed by atoms with van der Waals surface area (Å²) in [6.07, 6.45) is 2.57. The Kier molecular flexibility index (Phi) is 1.83. The average Bonchev–Trinajstić information content (AvgIpc) is 2.50. The van der Waals surface area contributed by atoms with E-state index in [0.29, 0.717) is 17.9 Å². The number of hydrogen-bond donors (Lipinski definition) is 1. The predicted octanol–water partition coefficient (Wildman–Crippen LogP) is 0.533. The Bertz CT molecular complexity index is 199. The normalized spacial score (nSPS) is 46.1. The largest absolute Gasteiger partial charge is 0.378 e. The van der Waals surface area contributed by atoms with Crippen molar-refractivity contribution in [2.24, 2.45) is 23.5 Å². The summed E-state index contributed by atoms with van der Waals surface area (Å²) in [5.41, 5.74) is 5.25. The zero-order valence-electron chi connectivity index (χ0n) is 7.32. The van der Waals surface area contributed by atoms with Crippen LogP contribution in [0.15, 0.2) is 0 Å². The Morgan fingerprint density at radius 3 is 2.75 bits per heavy atom. The van der Waals surface area contributed by atoms with E-state index in [1.165, 1.54) is 0 Å². The first kappa shape index (κ1) is 8.05. The van der Waals surface area contributed by atoms with Gasteiger partial charge in [-0.25, -0.2) is 0 Å². The number of nitrogens with two attached hydrogens (primary N) is 1. The van der Waals surface area contributed by atoms with Gasteiger partial charge >= 0.3 is 0 Å². The maximum atomic E-state index is 10.9. The molecule has 3 heteroatoms. The molecule has 3 nitrogen and oxygen atoms in total. The molecule has 2 aliphatic rings. The van der Waals surface area contributed by atoms with Crippen LogP contribution in [0.4, 0.5) is 0 Å². The van der Waals surface area contributed by atoms with Crippen LogP contribution in [-0.4, -0.2) is 18.6 Å². The Labute approximate surface area is 72.3 Å². The average molecular weight is 169 g/mol. The Morgan fingerprint density at radius 2 is 2.33 bits per heavy atom. The molecule has 0 aromatic heterocycles. The number of rotatable bonds is 2. The monoisotopic (exact) mass is 169 g/mol. The molecule has 0 bridgehead atoms. The van der Waals surface area contributed by atoms with Crippen LogP contribution >= 0.6 is 0 Å². The van der Waals surface area contributed by atoms with Crippen LogP contribution in [0, 0.1) is 17.8 Å². The van der Waals surface area contributed by atoms with Gasteiger partial charge in [0.05, 0.1) is 6.10 Å². The van der Waals surface area contributed by atoms with Crippen molar-refractivity contribution in [2.45, 2.75) is 25.9 Å². The van der Waals surface area contributed by atoms with E-state index in [9.17, 15) is 4.79 Å². The van der Waals surface area contributed by atoms with Gasteiger partial charge in [0, 0.05) is 18.4 Å². The van der Waals surface area contributed by atoms with E-state index in [0.717, 1.165) is 19.4 Å². The van der Waals surface area contributed by atoms with Gasteiger partial charge in [-0.2, -0.15) is 0 Å². The molecule has 2 rings (SSSR count). The third-order valence-electron chi connectivity index (χ3n) is 3.17. The highest BCUT2D eigenvalue weighted by atomic mass is 16.5. The van der Waals surface area contributed by atoms with Crippen molar-refractivity contribution in [3.8, 4) is 0 Å². The molecule has 4 atom stereocenters. The predicted molar refractivity (Wildman–Crippen MR) is 44.3 cm³/mol. The lowest BCUT2D eigenvalue weighted by Crippen LogP contribution is -2.18. The Hall–Kier alpha value is -0.570. The standard InChI is InChI=1S/C9H15NO2/c1-5-7(8(5)9(10)11)6-3-2-4-12-6/h5-8H,2-4H2,1H3,(H2,10,11)/t5?,6-,7?,8?/m1/s1. The SMILES string of the molecule is CC1C(C(N)=O)C1[C@H]1CCCO1. The first-order chi connectivity index (χ1) is 5.72. The van der Waals surface area contributed by atoms with Gasteiger partial charge in [0.2, 0.25) is 5.91 Å². The lowest BCUT2D eigenvalue weighted by atomic mass is 10.1. The molecule has 1 saturated heterocycles. The minimum atomic E-state index is -0.150. The first-order valence-electron chi connectivity index (χ1n) is 4.62. The minimum Gasteiger partial charge on any atom is -0.378 e. The zero-order valence-corrected chi connectivity index (χ0v) is 7.32. The van der Waals surface area contributed by atoms with Crippen molar-refractivity contribution in [1.82, 2.24) is 0 Å². The van der Waals surface area contributed by atoms with E-state index in [-0.39, 0.29) is 11.8 Å². The van der Waals surface area contributed by atoms with Crippen molar-refractivity contribution in [2.75, 3.05) is 6.61 Å². The summed E-state index contributed by atoms with van der Waals surface area (Å²) in [7, 11) is 0. The van der Waals surface area contributed by atoms with Crippen molar-refractivity contribution in [3.05, 3.63) is 0 Å². The molecular formula is C9H15NO2. The number of carbonyl (C=O) groups excluding carboxylic acids is 1. The molecule has 1 aliphatic heterocycles. The van der Waals surface area contributed by atoms with Crippen LogP contribution < -0.4 is 5.73 Å². The molecular weight excluding hydrogens is 154 g/mol. The van der Waals surface area contributed by atoms with E-state index in [1.807, 2.05) is 0 Å². The number of ether oxygens (including phenoxy) is 1. The highest BCUT2D eigenvalue weighted by molar-refractivity contribution is 5.80. The summed E-state index contributed by atoms with van der Waals surface area (Å²) in [5, 5.41) is 0. The molecule has 0 radical (unpaired) electrons. The maximum absolute atomic E-state index is 10.9. The van der Waals surface area contributed by atoms with Gasteiger partial charge in [0.15, 0.2) is 0 Å². The fourth-order valence-corrected chi connectivity index (χ4v) is 2.42. The maximum Gasteiger partial charge on any atom is 0.221 e. The molecule has 0 spiro atoms. The van der Waals surface area contributed by atoms with Crippen molar-refractivity contribution in [1.29, 1.82) is 0 Å². The second-order valence-corrected chi connectivity index (χ2v) is 3.92. The molecule has 2 fully saturated rings. The summed E-state index contributed by atoms with van der Waals surface area (Å²) >= 11 is 0. The van der Waals surface area contributed by atoms with Gasteiger partial charge in [-0.1, -0.05) is 6.92 Å². The number of carbonyl (C=O) groups is 1. The van der Waals surface area contributed by atoms with Gasteiger partial charge in [0.1, 0.15) is 0 Å². The van der Waals surface area contributed by atoms with Crippen LogP contribution in [0.5, 0.6) is 0 Å². The topological polar surface area (TPSA) is 52.3 Å². The van der Waals surface area contributed by atoms with E-state index in [2.05, 4.69) is 6.92 Å². The molecule has 3 unspecified atom stereocenters. The Balaban J connectivity index is 1.94. The van der Waals surface area contributed by atoms with Crippen LogP contribution in [0.1, 0.15) is 19.8 Å². The highest BCUT2D eigenvalue weighted by Crippen LogP contribution is 2.50. The number of hydrogen-bond acceptors (Lipinski definition) is 2. The molecule has 68 valence electrons. The van der Waals surface area contributed by atoms with Gasteiger partial charge in [-0.05, 0) is 18.8 Å². The molecule has 12 heavy (non-hydrogen) atoms. The molecule has 1 amide bonds. The number of amides is 1. The van der Waals surface area contributed by atoms with Crippen molar-refractivity contribution in [3.63, 3.8) is 0 Å². The van der Waals surface area contributed by atoms with Gasteiger partial charge in [-0.15, -0.1) is 0 Å². The van der Waals surface area contributed by atoms with Crippen molar-refractivity contribution < 1.29 is 9.53 Å². The third kappa shape index (κ3) is 1.12. The van der Waals surface area contributed by atoms with E-state index in [1.54, 1.807) is 0 Å².